The maximum absolute atomic E-state index is 10.4. The van der Waals surface area contributed by atoms with Gasteiger partial charge in [-0.25, -0.2) is 0 Å². The largest absolute Gasteiger partial charge is 0.491 e. The fourth-order valence-electron chi connectivity index (χ4n) is 3.81. The van der Waals surface area contributed by atoms with Crippen molar-refractivity contribution < 1.29 is 14.9 Å². The monoisotopic (exact) mass is 383 g/mol. The zero-order chi connectivity index (χ0) is 19.8. The van der Waals surface area contributed by atoms with Gasteiger partial charge in [0, 0.05) is 13.1 Å². The molecule has 0 amide bonds. The normalized spacial score (nSPS) is 22.7. The molecule has 0 saturated carbocycles. The predicted octanol–water partition coefficient (Wildman–Crippen LogP) is 3.71. The van der Waals surface area contributed by atoms with Gasteiger partial charge in [0.15, 0.2) is 0 Å². The molecule has 2 aromatic rings. The molecule has 0 spiro atoms. The van der Waals surface area contributed by atoms with Gasteiger partial charge in [0.2, 0.25) is 0 Å². The van der Waals surface area contributed by atoms with E-state index in [1.165, 1.54) is 23.1 Å². The fraction of sp³-hybridized carbons (Fsp3) is 0.500. The second kappa shape index (κ2) is 10.6. The third kappa shape index (κ3) is 6.33. The van der Waals surface area contributed by atoms with Gasteiger partial charge in [-0.2, -0.15) is 0 Å². The van der Waals surface area contributed by atoms with E-state index in [-0.39, 0.29) is 6.61 Å². The van der Waals surface area contributed by atoms with Crippen LogP contribution in [-0.2, 0) is 13.0 Å². The number of fused-ring (bicyclic) bond motifs is 1. The summed E-state index contributed by atoms with van der Waals surface area (Å²) in [6.07, 6.45) is 3.29. The SMILES string of the molecule is Cc1cccc(CN2CCCCCc3ccccc3OC[C@@H](O)[C@@H](O)CC2)c1. The van der Waals surface area contributed by atoms with Gasteiger partial charge in [-0.05, 0) is 56.3 Å². The number of benzene rings is 2. The first kappa shape index (κ1) is 20.8. The number of rotatable bonds is 2. The molecule has 4 nitrogen and oxygen atoms in total. The molecule has 0 aliphatic carbocycles. The first-order chi connectivity index (χ1) is 13.6. The minimum atomic E-state index is -0.878. The lowest BCUT2D eigenvalue weighted by molar-refractivity contribution is -0.0163. The van der Waals surface area contributed by atoms with Crippen molar-refractivity contribution >= 4 is 0 Å². The van der Waals surface area contributed by atoms with E-state index in [2.05, 4.69) is 42.2 Å². The van der Waals surface area contributed by atoms with Gasteiger partial charge in [0.25, 0.3) is 0 Å². The van der Waals surface area contributed by atoms with Crippen molar-refractivity contribution in [1.82, 2.24) is 4.90 Å². The highest BCUT2D eigenvalue weighted by Gasteiger charge is 2.19. The van der Waals surface area contributed by atoms with Crippen LogP contribution in [0.15, 0.2) is 48.5 Å². The van der Waals surface area contributed by atoms with Crippen LogP contribution >= 0.6 is 0 Å². The third-order valence-electron chi connectivity index (χ3n) is 5.48. The standard InChI is InChI=1S/C24H33NO3/c1-19-8-7-9-20(16-19)17-25-14-6-2-3-10-21-11-4-5-12-24(21)28-18-23(27)22(26)13-15-25/h4-5,7-9,11-12,16,22-23,26-27H,2-3,6,10,13-15,17-18H2,1H3/t22-,23+/m0/s1. The van der Waals surface area contributed by atoms with Crippen molar-refractivity contribution in [3.05, 3.63) is 65.2 Å². The molecule has 0 aromatic heterocycles. The molecule has 0 fully saturated rings. The number of para-hydroxylation sites is 1. The number of aryl methyl sites for hydroxylation is 2. The van der Waals surface area contributed by atoms with E-state index in [9.17, 15) is 10.2 Å². The summed E-state index contributed by atoms with van der Waals surface area (Å²) in [7, 11) is 0. The zero-order valence-electron chi connectivity index (χ0n) is 16.9. The van der Waals surface area contributed by atoms with E-state index >= 15 is 0 Å². The molecule has 0 unspecified atom stereocenters. The van der Waals surface area contributed by atoms with Crippen molar-refractivity contribution in [2.75, 3.05) is 19.7 Å². The van der Waals surface area contributed by atoms with Crippen molar-refractivity contribution in [1.29, 1.82) is 0 Å². The Morgan fingerprint density at radius 2 is 1.82 bits per heavy atom. The lowest BCUT2D eigenvalue weighted by Gasteiger charge is -2.26. The molecule has 2 aromatic carbocycles. The number of nitrogens with zero attached hydrogens (tertiary/aromatic N) is 1. The van der Waals surface area contributed by atoms with E-state index in [4.69, 9.17) is 4.74 Å². The molecule has 0 radical (unpaired) electrons. The lowest BCUT2D eigenvalue weighted by Crippen LogP contribution is -2.36. The molecule has 4 heteroatoms. The average Bonchev–Trinajstić information content (AvgIpc) is 2.69. The molecule has 152 valence electrons. The molecular formula is C24H33NO3. The van der Waals surface area contributed by atoms with Gasteiger partial charge < -0.3 is 14.9 Å². The van der Waals surface area contributed by atoms with Crippen LogP contribution < -0.4 is 4.74 Å². The molecule has 1 heterocycles. The Labute approximate surface area is 168 Å². The Balaban J connectivity index is 1.66. The molecular weight excluding hydrogens is 350 g/mol. The van der Waals surface area contributed by atoms with Crippen molar-refractivity contribution in [2.24, 2.45) is 0 Å². The highest BCUT2D eigenvalue weighted by atomic mass is 16.5. The van der Waals surface area contributed by atoms with Crippen LogP contribution in [0.25, 0.3) is 0 Å². The Hall–Kier alpha value is -1.88. The number of ether oxygens (including phenoxy) is 1. The Morgan fingerprint density at radius 1 is 0.964 bits per heavy atom. The highest BCUT2D eigenvalue weighted by molar-refractivity contribution is 5.33. The Morgan fingerprint density at radius 3 is 2.68 bits per heavy atom. The van der Waals surface area contributed by atoms with Crippen molar-refractivity contribution in [2.45, 2.75) is 57.8 Å². The minimum Gasteiger partial charge on any atom is -0.491 e. The Kier molecular flexibility index (Phi) is 7.90. The maximum atomic E-state index is 10.4. The van der Waals surface area contributed by atoms with Gasteiger partial charge >= 0.3 is 0 Å². The summed E-state index contributed by atoms with van der Waals surface area (Å²) in [6.45, 7) is 4.89. The summed E-state index contributed by atoms with van der Waals surface area (Å²) in [6, 6.07) is 16.6. The van der Waals surface area contributed by atoms with Crippen LogP contribution in [0.2, 0.25) is 0 Å². The van der Waals surface area contributed by atoms with Gasteiger partial charge in [-0.3, -0.25) is 4.90 Å². The second-order valence-corrected chi connectivity index (χ2v) is 7.92. The maximum Gasteiger partial charge on any atom is 0.122 e. The average molecular weight is 384 g/mol. The molecule has 0 bridgehead atoms. The molecule has 1 aliphatic heterocycles. The van der Waals surface area contributed by atoms with Crippen LogP contribution in [0.4, 0.5) is 0 Å². The molecule has 2 atom stereocenters. The second-order valence-electron chi connectivity index (χ2n) is 7.92. The summed E-state index contributed by atoms with van der Waals surface area (Å²) >= 11 is 0. The minimum absolute atomic E-state index is 0.121. The van der Waals surface area contributed by atoms with E-state index < -0.39 is 12.2 Å². The smallest absolute Gasteiger partial charge is 0.122 e. The van der Waals surface area contributed by atoms with E-state index in [0.717, 1.165) is 44.6 Å². The molecule has 1 aliphatic rings. The molecule has 3 rings (SSSR count). The number of hydrogen-bond acceptors (Lipinski definition) is 4. The number of hydrogen-bond donors (Lipinski definition) is 2. The summed E-state index contributed by atoms with van der Waals surface area (Å²) in [5.41, 5.74) is 3.75. The van der Waals surface area contributed by atoms with Crippen LogP contribution in [-0.4, -0.2) is 47.0 Å². The Bertz CT molecular complexity index is 733. The molecule has 28 heavy (non-hydrogen) atoms. The first-order valence-corrected chi connectivity index (χ1v) is 10.5. The summed E-state index contributed by atoms with van der Waals surface area (Å²) < 4.78 is 5.83. The van der Waals surface area contributed by atoms with Crippen LogP contribution in [0.5, 0.6) is 5.75 Å². The zero-order valence-corrected chi connectivity index (χ0v) is 16.9. The van der Waals surface area contributed by atoms with Crippen molar-refractivity contribution in [3.63, 3.8) is 0 Å². The van der Waals surface area contributed by atoms with E-state index in [0.29, 0.717) is 6.42 Å². The van der Waals surface area contributed by atoms with Gasteiger partial charge in [0.05, 0.1) is 6.10 Å². The summed E-state index contributed by atoms with van der Waals surface area (Å²) in [5, 5.41) is 20.7. The molecule has 2 N–H and O–H groups in total. The van der Waals surface area contributed by atoms with Gasteiger partial charge in [0.1, 0.15) is 18.5 Å². The van der Waals surface area contributed by atoms with Crippen molar-refractivity contribution in [3.8, 4) is 5.75 Å². The fourth-order valence-corrected chi connectivity index (χ4v) is 3.81. The van der Waals surface area contributed by atoms with Crippen LogP contribution in [0.3, 0.4) is 0 Å². The first-order valence-electron chi connectivity index (χ1n) is 10.5. The van der Waals surface area contributed by atoms with E-state index in [1.807, 2.05) is 18.2 Å². The topological polar surface area (TPSA) is 52.9 Å². The molecule has 0 saturated heterocycles. The number of aliphatic hydroxyl groups excluding tert-OH is 2. The third-order valence-corrected chi connectivity index (χ3v) is 5.48. The van der Waals surface area contributed by atoms with Gasteiger partial charge in [-0.1, -0.05) is 54.4 Å². The highest BCUT2D eigenvalue weighted by Crippen LogP contribution is 2.22. The quantitative estimate of drug-likeness (QED) is 0.830. The number of aliphatic hydroxyl groups is 2. The summed E-state index contributed by atoms with van der Waals surface area (Å²) in [4.78, 5) is 2.39. The lowest BCUT2D eigenvalue weighted by atomic mass is 10.0. The summed E-state index contributed by atoms with van der Waals surface area (Å²) in [5.74, 6) is 0.826. The van der Waals surface area contributed by atoms with Crippen LogP contribution in [0.1, 0.15) is 42.4 Å². The van der Waals surface area contributed by atoms with Gasteiger partial charge in [-0.15, -0.1) is 0 Å². The predicted molar refractivity (Wildman–Crippen MR) is 113 cm³/mol. The van der Waals surface area contributed by atoms with E-state index in [1.54, 1.807) is 0 Å². The van der Waals surface area contributed by atoms with Crippen LogP contribution in [0, 0.1) is 6.92 Å².